The Hall–Kier alpha value is -3.43. The predicted molar refractivity (Wildman–Crippen MR) is 132 cm³/mol. The summed E-state index contributed by atoms with van der Waals surface area (Å²) < 4.78 is 11.6. The molecule has 0 N–H and O–H groups in total. The Kier molecular flexibility index (Phi) is 7.02. The number of rotatable bonds is 6. The zero-order valence-corrected chi connectivity index (χ0v) is 19.4. The Morgan fingerprint density at radius 3 is 2.56 bits per heavy atom. The third-order valence-electron chi connectivity index (χ3n) is 6.62. The van der Waals surface area contributed by atoms with Crippen molar-refractivity contribution in [2.45, 2.75) is 44.6 Å². The summed E-state index contributed by atoms with van der Waals surface area (Å²) in [5.41, 5.74) is 4.67. The van der Waals surface area contributed by atoms with Gasteiger partial charge in [-0.15, -0.1) is 0 Å². The van der Waals surface area contributed by atoms with Gasteiger partial charge in [0, 0.05) is 37.0 Å². The number of nitrogens with zero attached hydrogens (tertiary/aromatic N) is 4. The highest BCUT2D eigenvalue weighted by Gasteiger charge is 2.17. The van der Waals surface area contributed by atoms with E-state index >= 15 is 0 Å². The van der Waals surface area contributed by atoms with Gasteiger partial charge in [-0.2, -0.15) is 5.26 Å². The molecule has 6 nitrogen and oxygen atoms in total. The van der Waals surface area contributed by atoms with Gasteiger partial charge in [0.05, 0.1) is 30.6 Å². The van der Waals surface area contributed by atoms with Crippen LogP contribution in [0.15, 0.2) is 54.7 Å². The molecule has 0 atom stereocenters. The minimum absolute atomic E-state index is 0.215. The maximum Gasteiger partial charge on any atom is 0.137 e. The zero-order valence-electron chi connectivity index (χ0n) is 19.4. The maximum atomic E-state index is 9.71. The third kappa shape index (κ3) is 5.37. The highest BCUT2D eigenvalue weighted by Crippen LogP contribution is 2.29. The topological polar surface area (TPSA) is 71.3 Å². The third-order valence-corrected chi connectivity index (χ3v) is 6.62. The lowest BCUT2D eigenvalue weighted by molar-refractivity contribution is 0.122. The smallest absolute Gasteiger partial charge is 0.137 e. The van der Waals surface area contributed by atoms with Crippen LogP contribution in [0.1, 0.15) is 49.1 Å². The van der Waals surface area contributed by atoms with E-state index in [-0.39, 0.29) is 6.10 Å². The van der Waals surface area contributed by atoms with Crippen molar-refractivity contribution in [3.63, 3.8) is 0 Å². The summed E-state index contributed by atoms with van der Waals surface area (Å²) in [6, 6.07) is 18.6. The fourth-order valence-electron chi connectivity index (χ4n) is 4.72. The number of aromatic nitrogens is 2. The number of benzene rings is 2. The lowest BCUT2D eigenvalue weighted by Gasteiger charge is -2.28. The minimum Gasteiger partial charge on any atom is -0.489 e. The first-order chi connectivity index (χ1) is 16.8. The van der Waals surface area contributed by atoms with Gasteiger partial charge in [-0.25, -0.2) is 9.97 Å². The molecular weight excluding hydrogens is 424 g/mol. The largest absolute Gasteiger partial charge is 0.489 e. The van der Waals surface area contributed by atoms with Crippen molar-refractivity contribution >= 4 is 5.69 Å². The van der Waals surface area contributed by atoms with Crippen molar-refractivity contribution in [3.8, 4) is 23.1 Å². The Morgan fingerprint density at radius 1 is 1.00 bits per heavy atom. The van der Waals surface area contributed by atoms with Gasteiger partial charge in [-0.05, 0) is 67.6 Å². The lowest BCUT2D eigenvalue weighted by Crippen LogP contribution is -2.36. The normalized spacial score (nSPS) is 16.7. The Balaban J connectivity index is 1.29. The molecule has 1 aliphatic carbocycles. The van der Waals surface area contributed by atoms with Crippen LogP contribution in [0.3, 0.4) is 0 Å². The molecule has 3 aromatic rings. The molecule has 2 aliphatic rings. The van der Waals surface area contributed by atoms with Crippen molar-refractivity contribution in [2.24, 2.45) is 0 Å². The van der Waals surface area contributed by atoms with Gasteiger partial charge in [0.15, 0.2) is 0 Å². The molecule has 0 bridgehead atoms. The van der Waals surface area contributed by atoms with Crippen LogP contribution in [0.5, 0.6) is 5.75 Å². The molecule has 2 heterocycles. The van der Waals surface area contributed by atoms with Gasteiger partial charge in [-0.1, -0.05) is 18.6 Å². The summed E-state index contributed by atoms with van der Waals surface area (Å²) in [7, 11) is 0. The maximum absolute atomic E-state index is 9.71. The molecule has 0 spiro atoms. The van der Waals surface area contributed by atoms with Gasteiger partial charge in [0.2, 0.25) is 0 Å². The standard InChI is InChI=1S/C28H30N4O2/c29-20-23-19-22(8-11-27(23)34-25-4-2-1-3-5-25)26-12-13-30-28(31-26)18-21-6-9-24(10-7-21)32-14-16-33-17-15-32/h6-13,19,25H,1-5,14-18H2. The van der Waals surface area contributed by atoms with Crippen LogP contribution in [-0.2, 0) is 11.2 Å². The van der Waals surface area contributed by atoms with Crippen molar-refractivity contribution < 1.29 is 9.47 Å². The molecule has 1 saturated carbocycles. The molecule has 6 heteroatoms. The first-order valence-corrected chi connectivity index (χ1v) is 12.2. The number of ether oxygens (including phenoxy) is 2. The quantitative estimate of drug-likeness (QED) is 0.513. The minimum atomic E-state index is 0.215. The summed E-state index contributed by atoms with van der Waals surface area (Å²) in [5.74, 6) is 1.44. The molecule has 0 unspecified atom stereocenters. The first-order valence-electron chi connectivity index (χ1n) is 12.2. The van der Waals surface area contributed by atoms with E-state index in [0.29, 0.717) is 17.7 Å². The average molecular weight is 455 g/mol. The van der Waals surface area contributed by atoms with E-state index < -0.39 is 0 Å². The summed E-state index contributed by atoms with van der Waals surface area (Å²) in [4.78, 5) is 11.6. The van der Waals surface area contributed by atoms with Crippen molar-refractivity contribution in [1.29, 1.82) is 5.26 Å². The highest BCUT2D eigenvalue weighted by atomic mass is 16.5. The van der Waals surface area contributed by atoms with Crippen LogP contribution in [0.25, 0.3) is 11.3 Å². The van der Waals surface area contributed by atoms with Gasteiger partial charge < -0.3 is 14.4 Å². The SMILES string of the molecule is N#Cc1cc(-c2ccnc(Cc3ccc(N4CCOCC4)cc3)n2)ccc1OC1CCCCC1. The van der Waals surface area contributed by atoms with Crippen molar-refractivity contribution in [1.82, 2.24) is 9.97 Å². The van der Waals surface area contributed by atoms with Crippen LogP contribution >= 0.6 is 0 Å². The van der Waals surface area contributed by atoms with E-state index in [4.69, 9.17) is 14.5 Å². The second kappa shape index (κ2) is 10.7. The molecule has 2 aromatic carbocycles. The van der Waals surface area contributed by atoms with Gasteiger partial charge in [0.1, 0.15) is 17.6 Å². The summed E-state index contributed by atoms with van der Waals surface area (Å²) >= 11 is 0. The Labute approximate surface area is 201 Å². The van der Waals surface area contributed by atoms with Gasteiger partial charge in [-0.3, -0.25) is 0 Å². The predicted octanol–water partition coefficient (Wildman–Crippen LogP) is 5.15. The van der Waals surface area contributed by atoms with E-state index in [1.807, 2.05) is 24.3 Å². The molecule has 0 amide bonds. The number of hydrogen-bond donors (Lipinski definition) is 0. The van der Waals surface area contributed by atoms with E-state index in [9.17, 15) is 5.26 Å². The van der Waals surface area contributed by atoms with E-state index in [1.54, 1.807) is 6.20 Å². The van der Waals surface area contributed by atoms with Crippen molar-refractivity contribution in [2.75, 3.05) is 31.2 Å². The molecular formula is C28H30N4O2. The second-order valence-electron chi connectivity index (χ2n) is 9.00. The molecule has 2 fully saturated rings. The summed E-state index contributed by atoms with van der Waals surface area (Å²) in [6.45, 7) is 3.42. The average Bonchev–Trinajstić information content (AvgIpc) is 2.91. The fraction of sp³-hybridized carbons (Fsp3) is 0.393. The van der Waals surface area contributed by atoms with E-state index in [1.165, 1.54) is 30.5 Å². The van der Waals surface area contributed by atoms with Crippen LogP contribution in [0, 0.1) is 11.3 Å². The first kappa shape index (κ1) is 22.4. The Bertz CT molecular complexity index is 1140. The van der Waals surface area contributed by atoms with Crippen molar-refractivity contribution in [3.05, 3.63) is 71.7 Å². The zero-order chi connectivity index (χ0) is 23.2. The monoisotopic (exact) mass is 454 g/mol. The highest BCUT2D eigenvalue weighted by molar-refractivity contribution is 5.64. The molecule has 34 heavy (non-hydrogen) atoms. The van der Waals surface area contributed by atoms with Gasteiger partial charge >= 0.3 is 0 Å². The molecule has 174 valence electrons. The van der Waals surface area contributed by atoms with Crippen LogP contribution < -0.4 is 9.64 Å². The van der Waals surface area contributed by atoms with E-state index in [0.717, 1.165) is 56.2 Å². The number of nitriles is 1. The molecule has 1 saturated heterocycles. The molecule has 1 aromatic heterocycles. The lowest BCUT2D eigenvalue weighted by atomic mass is 9.97. The van der Waals surface area contributed by atoms with Gasteiger partial charge in [0.25, 0.3) is 0 Å². The molecule has 5 rings (SSSR count). The number of anilines is 1. The second-order valence-corrected chi connectivity index (χ2v) is 9.00. The van der Waals surface area contributed by atoms with E-state index in [2.05, 4.69) is 40.2 Å². The van der Waals surface area contributed by atoms with Crippen LogP contribution in [0.2, 0.25) is 0 Å². The van der Waals surface area contributed by atoms with Crippen LogP contribution in [-0.4, -0.2) is 42.4 Å². The summed E-state index contributed by atoms with van der Waals surface area (Å²) in [5, 5.41) is 9.71. The molecule has 1 aliphatic heterocycles. The number of morpholine rings is 1. The fourth-order valence-corrected chi connectivity index (χ4v) is 4.72. The Morgan fingerprint density at radius 2 is 1.79 bits per heavy atom. The summed E-state index contributed by atoms with van der Waals surface area (Å²) in [6.07, 6.45) is 8.47. The number of hydrogen-bond acceptors (Lipinski definition) is 6. The van der Waals surface area contributed by atoms with Crippen LogP contribution in [0.4, 0.5) is 5.69 Å². The molecule has 0 radical (unpaired) electrons.